The van der Waals surface area contributed by atoms with E-state index in [1.165, 1.54) is 28.9 Å². The molecule has 2 aromatic carbocycles. The number of nitrogens with zero attached hydrogens (tertiary/aromatic N) is 3. The van der Waals surface area contributed by atoms with E-state index < -0.39 is 0 Å². The van der Waals surface area contributed by atoms with Gasteiger partial charge in [-0.2, -0.15) is 10.4 Å². The molecule has 3 rings (SSSR count). The summed E-state index contributed by atoms with van der Waals surface area (Å²) >= 11 is 12.1. The highest BCUT2D eigenvalue weighted by atomic mass is 35.5. The van der Waals surface area contributed by atoms with E-state index in [0.717, 1.165) is 0 Å². The van der Waals surface area contributed by atoms with Crippen molar-refractivity contribution in [1.82, 2.24) is 9.78 Å². The average Bonchev–Trinajstić information content (AvgIpc) is 2.84. The first kappa shape index (κ1) is 15.3. The zero-order chi connectivity index (χ0) is 16.6. The Morgan fingerprint density at radius 3 is 2.43 bits per heavy atom. The van der Waals surface area contributed by atoms with E-state index in [4.69, 9.17) is 28.9 Å². The maximum atomic E-state index is 13.1. The second-order valence-electron chi connectivity index (χ2n) is 4.73. The van der Waals surface area contributed by atoms with E-state index in [1.807, 2.05) is 6.07 Å². The van der Waals surface area contributed by atoms with Gasteiger partial charge in [0.05, 0.1) is 10.7 Å². The number of hydrogen-bond donors (Lipinski definition) is 1. The minimum Gasteiger partial charge on any atom is -0.382 e. The number of hydrogen-bond acceptors (Lipinski definition) is 3. The van der Waals surface area contributed by atoms with Gasteiger partial charge in [0.1, 0.15) is 29.0 Å². The summed E-state index contributed by atoms with van der Waals surface area (Å²) in [5, 5.41) is 14.6. The lowest BCUT2D eigenvalue weighted by atomic mass is 10.1. The van der Waals surface area contributed by atoms with Gasteiger partial charge in [0.25, 0.3) is 0 Å². The Morgan fingerprint density at radius 1 is 1.13 bits per heavy atom. The van der Waals surface area contributed by atoms with Crippen molar-refractivity contribution >= 4 is 29.0 Å². The van der Waals surface area contributed by atoms with Gasteiger partial charge in [0, 0.05) is 10.6 Å². The largest absolute Gasteiger partial charge is 0.382 e. The predicted octanol–water partition coefficient (Wildman–Crippen LogP) is 4.44. The van der Waals surface area contributed by atoms with Gasteiger partial charge >= 0.3 is 0 Å². The minimum absolute atomic E-state index is 0.153. The van der Waals surface area contributed by atoms with Gasteiger partial charge in [-0.15, -0.1) is 0 Å². The zero-order valence-corrected chi connectivity index (χ0v) is 13.1. The average molecular weight is 347 g/mol. The molecule has 7 heteroatoms. The molecular weight excluding hydrogens is 338 g/mol. The van der Waals surface area contributed by atoms with Gasteiger partial charge in [-0.3, -0.25) is 0 Å². The summed E-state index contributed by atoms with van der Waals surface area (Å²) in [5.74, 6) is -0.221. The van der Waals surface area contributed by atoms with Crippen molar-refractivity contribution in [2.24, 2.45) is 0 Å². The third-order valence-corrected chi connectivity index (χ3v) is 3.84. The van der Waals surface area contributed by atoms with Gasteiger partial charge in [-0.1, -0.05) is 23.2 Å². The number of nitrogens with two attached hydrogens (primary N) is 1. The van der Waals surface area contributed by atoms with E-state index >= 15 is 0 Å². The number of aromatic nitrogens is 2. The van der Waals surface area contributed by atoms with E-state index in [9.17, 15) is 9.65 Å². The Bertz CT molecular complexity index is 926. The van der Waals surface area contributed by atoms with Crippen molar-refractivity contribution in [3.63, 3.8) is 0 Å². The highest BCUT2D eigenvalue weighted by Crippen LogP contribution is 2.34. The molecule has 0 fully saturated rings. The van der Waals surface area contributed by atoms with Crippen molar-refractivity contribution in [2.75, 3.05) is 5.73 Å². The fourth-order valence-electron chi connectivity index (χ4n) is 2.19. The van der Waals surface area contributed by atoms with Crippen molar-refractivity contribution in [2.45, 2.75) is 0 Å². The number of nitrogen functional groups attached to an aromatic ring is 1. The molecule has 0 saturated carbocycles. The molecule has 0 aliphatic heterocycles. The smallest absolute Gasteiger partial charge is 0.145 e. The van der Waals surface area contributed by atoms with Crippen LogP contribution in [0.5, 0.6) is 0 Å². The van der Waals surface area contributed by atoms with Crippen LogP contribution in [-0.4, -0.2) is 9.78 Å². The van der Waals surface area contributed by atoms with Crippen LogP contribution >= 0.6 is 23.2 Å². The number of halogens is 3. The Labute approximate surface area is 141 Å². The number of nitriles is 1. The molecular formula is C16H9Cl2FN4. The molecule has 1 aromatic heterocycles. The number of benzene rings is 2. The molecule has 23 heavy (non-hydrogen) atoms. The summed E-state index contributed by atoms with van der Waals surface area (Å²) in [4.78, 5) is 0. The summed E-state index contributed by atoms with van der Waals surface area (Å²) < 4.78 is 14.4. The van der Waals surface area contributed by atoms with Crippen LogP contribution in [0.1, 0.15) is 5.56 Å². The molecule has 0 aliphatic rings. The second-order valence-corrected chi connectivity index (χ2v) is 5.58. The van der Waals surface area contributed by atoms with Gasteiger partial charge < -0.3 is 5.73 Å². The lowest BCUT2D eigenvalue weighted by molar-refractivity contribution is 0.627. The predicted molar refractivity (Wildman–Crippen MR) is 88.1 cm³/mol. The highest BCUT2D eigenvalue weighted by molar-refractivity contribution is 6.36. The summed E-state index contributed by atoms with van der Waals surface area (Å²) in [5.41, 5.74) is 7.63. The number of anilines is 1. The molecule has 1 heterocycles. The van der Waals surface area contributed by atoms with Crippen LogP contribution in [0.4, 0.5) is 10.2 Å². The van der Waals surface area contributed by atoms with Crippen LogP contribution in [0.25, 0.3) is 16.9 Å². The molecule has 0 bridgehead atoms. The summed E-state index contributed by atoms with van der Waals surface area (Å²) in [6, 6.07) is 12.5. The molecule has 2 N–H and O–H groups in total. The molecule has 4 nitrogen and oxygen atoms in total. The third-order valence-electron chi connectivity index (χ3n) is 3.29. The highest BCUT2D eigenvalue weighted by Gasteiger charge is 2.20. The molecule has 3 aromatic rings. The maximum absolute atomic E-state index is 13.1. The first-order valence-corrected chi connectivity index (χ1v) is 7.27. The lowest BCUT2D eigenvalue weighted by Crippen LogP contribution is -2.02. The monoisotopic (exact) mass is 346 g/mol. The van der Waals surface area contributed by atoms with Crippen LogP contribution in [0.15, 0.2) is 42.5 Å². The molecule has 0 amide bonds. The topological polar surface area (TPSA) is 67.6 Å². The molecule has 0 saturated heterocycles. The van der Waals surface area contributed by atoms with Crippen molar-refractivity contribution in [3.8, 4) is 23.0 Å². The van der Waals surface area contributed by atoms with Crippen molar-refractivity contribution in [3.05, 3.63) is 63.9 Å². The summed E-state index contributed by atoms with van der Waals surface area (Å²) in [6.07, 6.45) is 0. The Morgan fingerprint density at radius 2 is 1.83 bits per heavy atom. The molecule has 114 valence electrons. The van der Waals surface area contributed by atoms with Crippen molar-refractivity contribution in [1.29, 1.82) is 5.26 Å². The van der Waals surface area contributed by atoms with Crippen molar-refractivity contribution < 1.29 is 4.39 Å². The Kier molecular flexibility index (Phi) is 3.95. The van der Waals surface area contributed by atoms with E-state index in [0.29, 0.717) is 27.0 Å². The van der Waals surface area contributed by atoms with E-state index in [1.54, 1.807) is 18.2 Å². The van der Waals surface area contributed by atoms with Gasteiger partial charge in [0.2, 0.25) is 0 Å². The SMILES string of the molecule is N#Cc1c(-c2ccc(Cl)cc2Cl)nn(-c2ccc(F)cc2)c1N. The van der Waals surface area contributed by atoms with Gasteiger partial charge in [0.15, 0.2) is 0 Å². The first-order valence-electron chi connectivity index (χ1n) is 6.51. The second kappa shape index (κ2) is 5.92. The summed E-state index contributed by atoms with van der Waals surface area (Å²) in [6.45, 7) is 0. The normalized spacial score (nSPS) is 10.5. The summed E-state index contributed by atoms with van der Waals surface area (Å²) in [7, 11) is 0. The lowest BCUT2D eigenvalue weighted by Gasteiger charge is -2.03. The van der Waals surface area contributed by atoms with E-state index in [2.05, 4.69) is 5.10 Å². The zero-order valence-electron chi connectivity index (χ0n) is 11.6. The molecule has 0 aliphatic carbocycles. The fourth-order valence-corrected chi connectivity index (χ4v) is 2.69. The molecule has 0 radical (unpaired) electrons. The quantitative estimate of drug-likeness (QED) is 0.745. The van der Waals surface area contributed by atoms with Crippen LogP contribution in [0.3, 0.4) is 0 Å². The van der Waals surface area contributed by atoms with E-state index in [-0.39, 0.29) is 17.2 Å². The Balaban J connectivity index is 2.21. The molecule has 0 spiro atoms. The third kappa shape index (κ3) is 2.74. The fraction of sp³-hybridized carbons (Fsp3) is 0. The molecule has 0 atom stereocenters. The van der Waals surface area contributed by atoms with Crippen LogP contribution in [-0.2, 0) is 0 Å². The van der Waals surface area contributed by atoms with Gasteiger partial charge in [-0.05, 0) is 42.5 Å². The minimum atomic E-state index is -0.374. The van der Waals surface area contributed by atoms with Crippen LogP contribution in [0.2, 0.25) is 10.0 Å². The maximum Gasteiger partial charge on any atom is 0.145 e. The standard InChI is InChI=1S/C16H9Cl2FN4/c17-9-1-6-12(14(18)7-9)15-13(8-20)16(21)23(22-15)11-4-2-10(19)3-5-11/h1-7H,21H2. The van der Waals surface area contributed by atoms with Crippen LogP contribution < -0.4 is 5.73 Å². The number of rotatable bonds is 2. The van der Waals surface area contributed by atoms with Crippen LogP contribution in [0, 0.1) is 17.1 Å². The first-order chi connectivity index (χ1) is 11.0. The molecule has 0 unspecified atom stereocenters. The Hall–Kier alpha value is -2.55. The van der Waals surface area contributed by atoms with Gasteiger partial charge in [-0.25, -0.2) is 9.07 Å².